The van der Waals surface area contributed by atoms with Gasteiger partial charge in [0.05, 0.1) is 5.69 Å². The van der Waals surface area contributed by atoms with Crippen molar-refractivity contribution in [2.75, 3.05) is 19.6 Å². The molecule has 4 nitrogen and oxygen atoms in total. The lowest BCUT2D eigenvalue weighted by atomic mass is 9.85. The molecule has 19 heavy (non-hydrogen) atoms. The fourth-order valence-corrected chi connectivity index (χ4v) is 4.26. The minimum absolute atomic E-state index is 0.774. The van der Waals surface area contributed by atoms with Gasteiger partial charge in [0.1, 0.15) is 0 Å². The van der Waals surface area contributed by atoms with Crippen molar-refractivity contribution in [1.82, 2.24) is 19.6 Å². The van der Waals surface area contributed by atoms with Crippen LogP contribution in [0, 0.1) is 5.92 Å². The molecule has 2 saturated heterocycles. The van der Waals surface area contributed by atoms with Crippen LogP contribution < -0.4 is 5.32 Å². The SMILES string of the molecule is c1cn2cc(CN3CCC4NCCCC4C3)nc2s1. The third-order valence-electron chi connectivity index (χ3n) is 4.51. The van der Waals surface area contributed by atoms with Gasteiger partial charge < -0.3 is 5.32 Å². The summed E-state index contributed by atoms with van der Waals surface area (Å²) in [6.07, 6.45) is 8.30. The summed E-state index contributed by atoms with van der Waals surface area (Å²) < 4.78 is 2.13. The zero-order valence-corrected chi connectivity index (χ0v) is 11.9. The first kappa shape index (κ1) is 11.9. The number of imidazole rings is 1. The van der Waals surface area contributed by atoms with Gasteiger partial charge in [0, 0.05) is 43.4 Å². The van der Waals surface area contributed by atoms with Crippen LogP contribution in [0.2, 0.25) is 0 Å². The molecule has 0 spiro atoms. The fraction of sp³-hybridized carbons (Fsp3) is 0.643. The van der Waals surface area contributed by atoms with Gasteiger partial charge in [0.2, 0.25) is 0 Å². The third-order valence-corrected chi connectivity index (χ3v) is 5.28. The summed E-state index contributed by atoms with van der Waals surface area (Å²) in [4.78, 5) is 8.39. The van der Waals surface area contributed by atoms with Crippen LogP contribution in [-0.2, 0) is 6.54 Å². The van der Waals surface area contributed by atoms with Crippen LogP contribution in [0.1, 0.15) is 25.0 Å². The summed E-state index contributed by atoms with van der Waals surface area (Å²) in [5, 5.41) is 5.77. The first-order valence-corrected chi connectivity index (χ1v) is 8.13. The number of hydrogen-bond donors (Lipinski definition) is 1. The molecule has 0 radical (unpaired) electrons. The third kappa shape index (κ3) is 2.30. The molecule has 2 aromatic rings. The van der Waals surface area contributed by atoms with Gasteiger partial charge in [-0.25, -0.2) is 4.98 Å². The standard InChI is InChI=1S/C14H20N4S/c1-2-11-8-17(5-3-13(11)15-4-1)9-12-10-18-6-7-19-14(18)16-12/h6-7,10-11,13,15H,1-5,8-9H2. The van der Waals surface area contributed by atoms with Gasteiger partial charge in [0.15, 0.2) is 4.96 Å². The number of nitrogens with zero attached hydrogens (tertiary/aromatic N) is 3. The Morgan fingerprint density at radius 3 is 3.37 bits per heavy atom. The lowest BCUT2D eigenvalue weighted by molar-refractivity contribution is 0.108. The number of hydrogen-bond acceptors (Lipinski definition) is 4. The van der Waals surface area contributed by atoms with E-state index < -0.39 is 0 Å². The van der Waals surface area contributed by atoms with Crippen molar-refractivity contribution in [2.45, 2.75) is 31.8 Å². The Bertz CT molecular complexity index is 532. The predicted octanol–water partition coefficient (Wildman–Crippen LogP) is 1.97. The summed E-state index contributed by atoms with van der Waals surface area (Å²) in [5.74, 6) is 0.853. The number of rotatable bonds is 2. The highest BCUT2D eigenvalue weighted by molar-refractivity contribution is 7.15. The van der Waals surface area contributed by atoms with E-state index in [1.54, 1.807) is 11.3 Å². The van der Waals surface area contributed by atoms with Crippen molar-refractivity contribution < 1.29 is 0 Å². The van der Waals surface area contributed by atoms with Crippen molar-refractivity contribution in [3.05, 3.63) is 23.5 Å². The molecule has 4 rings (SSSR count). The van der Waals surface area contributed by atoms with Crippen LogP contribution in [0.25, 0.3) is 4.96 Å². The molecule has 2 atom stereocenters. The van der Waals surface area contributed by atoms with E-state index in [-0.39, 0.29) is 0 Å². The van der Waals surface area contributed by atoms with Gasteiger partial charge in [-0.15, -0.1) is 11.3 Å². The van der Waals surface area contributed by atoms with E-state index >= 15 is 0 Å². The maximum atomic E-state index is 4.70. The Kier molecular flexibility index (Phi) is 3.06. The number of thiazole rings is 1. The Labute approximate surface area is 117 Å². The first-order valence-electron chi connectivity index (χ1n) is 7.25. The van der Waals surface area contributed by atoms with Crippen molar-refractivity contribution in [1.29, 1.82) is 0 Å². The van der Waals surface area contributed by atoms with Crippen molar-refractivity contribution in [3.8, 4) is 0 Å². The molecular weight excluding hydrogens is 256 g/mol. The Hall–Kier alpha value is -0.910. The second-order valence-corrected chi connectivity index (χ2v) is 6.68. The summed E-state index contributed by atoms with van der Waals surface area (Å²) in [6.45, 7) is 4.68. The molecule has 2 aliphatic heterocycles. The number of likely N-dealkylation sites (tertiary alicyclic amines) is 1. The first-order chi connectivity index (χ1) is 9.38. The topological polar surface area (TPSA) is 32.6 Å². The molecule has 0 aromatic carbocycles. The van der Waals surface area contributed by atoms with Crippen LogP contribution >= 0.6 is 11.3 Å². The van der Waals surface area contributed by atoms with Crippen molar-refractivity contribution >= 4 is 16.3 Å². The average molecular weight is 276 g/mol. The molecule has 4 heterocycles. The minimum Gasteiger partial charge on any atom is -0.314 e. The van der Waals surface area contributed by atoms with Gasteiger partial charge in [-0.3, -0.25) is 9.30 Å². The highest BCUT2D eigenvalue weighted by Gasteiger charge is 2.30. The van der Waals surface area contributed by atoms with Crippen molar-refractivity contribution in [2.24, 2.45) is 5.92 Å². The lowest BCUT2D eigenvalue weighted by Gasteiger charge is -2.41. The number of nitrogens with one attached hydrogen (secondary N) is 1. The highest BCUT2D eigenvalue weighted by atomic mass is 32.1. The van der Waals surface area contributed by atoms with E-state index in [4.69, 9.17) is 4.98 Å². The van der Waals surface area contributed by atoms with E-state index in [0.717, 1.165) is 23.5 Å². The molecule has 0 aliphatic carbocycles. The summed E-state index contributed by atoms with van der Waals surface area (Å²) in [7, 11) is 0. The lowest BCUT2D eigenvalue weighted by Crippen LogP contribution is -2.51. The average Bonchev–Trinajstić information content (AvgIpc) is 2.99. The van der Waals surface area contributed by atoms with E-state index in [1.165, 1.54) is 44.6 Å². The van der Waals surface area contributed by atoms with E-state index in [0.29, 0.717) is 0 Å². The fourth-order valence-electron chi connectivity index (χ4n) is 3.55. The van der Waals surface area contributed by atoms with Crippen LogP contribution in [0.5, 0.6) is 0 Å². The predicted molar refractivity (Wildman–Crippen MR) is 77.5 cm³/mol. The van der Waals surface area contributed by atoms with Gasteiger partial charge >= 0.3 is 0 Å². The minimum atomic E-state index is 0.774. The quantitative estimate of drug-likeness (QED) is 0.910. The molecular formula is C14H20N4S. The van der Waals surface area contributed by atoms with Crippen LogP contribution in [0.3, 0.4) is 0 Å². The van der Waals surface area contributed by atoms with E-state index in [9.17, 15) is 0 Å². The highest BCUT2D eigenvalue weighted by Crippen LogP contribution is 2.25. The number of piperidine rings is 2. The maximum absolute atomic E-state index is 4.70. The number of aromatic nitrogens is 2. The molecule has 5 heteroatoms. The largest absolute Gasteiger partial charge is 0.314 e. The molecule has 0 saturated carbocycles. The van der Waals surface area contributed by atoms with Gasteiger partial charge in [-0.1, -0.05) is 0 Å². The van der Waals surface area contributed by atoms with Crippen LogP contribution in [-0.4, -0.2) is 40.0 Å². The second kappa shape index (κ2) is 4.89. The maximum Gasteiger partial charge on any atom is 0.193 e. The molecule has 2 aliphatic rings. The van der Waals surface area contributed by atoms with Gasteiger partial charge in [-0.2, -0.15) is 0 Å². The van der Waals surface area contributed by atoms with Crippen LogP contribution in [0.15, 0.2) is 17.8 Å². The summed E-state index contributed by atoms with van der Waals surface area (Å²) >= 11 is 1.71. The Balaban J connectivity index is 1.44. The van der Waals surface area contributed by atoms with Gasteiger partial charge in [-0.05, 0) is 31.7 Å². The molecule has 2 aromatic heterocycles. The zero-order chi connectivity index (χ0) is 12.7. The Morgan fingerprint density at radius 1 is 1.42 bits per heavy atom. The van der Waals surface area contributed by atoms with Crippen molar-refractivity contribution in [3.63, 3.8) is 0 Å². The second-order valence-electron chi connectivity index (χ2n) is 5.81. The zero-order valence-electron chi connectivity index (χ0n) is 11.1. The molecule has 0 bridgehead atoms. The van der Waals surface area contributed by atoms with Crippen LogP contribution in [0.4, 0.5) is 0 Å². The number of fused-ring (bicyclic) bond motifs is 2. The molecule has 102 valence electrons. The molecule has 2 fully saturated rings. The monoisotopic (exact) mass is 276 g/mol. The summed E-state index contributed by atoms with van der Waals surface area (Å²) in [5.41, 5.74) is 1.22. The smallest absolute Gasteiger partial charge is 0.193 e. The molecule has 1 N–H and O–H groups in total. The normalized spacial score (nSPS) is 28.6. The van der Waals surface area contributed by atoms with E-state index in [1.807, 2.05) is 0 Å². The Morgan fingerprint density at radius 2 is 2.42 bits per heavy atom. The molecule has 0 amide bonds. The molecule has 2 unspecified atom stereocenters. The van der Waals surface area contributed by atoms with E-state index in [2.05, 4.69) is 32.4 Å². The summed E-state index contributed by atoms with van der Waals surface area (Å²) in [6, 6.07) is 0.774. The van der Waals surface area contributed by atoms with Gasteiger partial charge in [0.25, 0.3) is 0 Å².